The number of sulfonamides is 1. The van der Waals surface area contributed by atoms with Gasteiger partial charge in [0.15, 0.2) is 0 Å². The van der Waals surface area contributed by atoms with Crippen LogP contribution in [-0.4, -0.2) is 18.9 Å². The average molecular weight is 353 g/mol. The van der Waals surface area contributed by atoms with Crippen LogP contribution in [0.2, 0.25) is 4.34 Å². The molecule has 0 aromatic carbocycles. The van der Waals surface area contributed by atoms with Crippen molar-refractivity contribution in [1.82, 2.24) is 4.72 Å². The molecule has 0 bridgehead atoms. The number of nitrogens with one attached hydrogen (secondary N) is 1. The zero-order valence-corrected chi connectivity index (χ0v) is 14.3. The van der Waals surface area contributed by atoms with E-state index in [1.54, 1.807) is 6.07 Å². The monoisotopic (exact) mass is 352 g/mol. The van der Waals surface area contributed by atoms with E-state index in [0.29, 0.717) is 23.1 Å². The van der Waals surface area contributed by atoms with Gasteiger partial charge in [0.1, 0.15) is 4.21 Å². The predicted octanol–water partition coefficient (Wildman–Crippen LogP) is 2.91. The molecule has 1 fully saturated rings. The van der Waals surface area contributed by atoms with Crippen LogP contribution in [0, 0.1) is 5.92 Å². The maximum atomic E-state index is 12.4. The lowest BCUT2D eigenvalue weighted by atomic mass is 9.78. The number of halogens is 1. The Hall–Kier alpha value is -0.210. The van der Waals surface area contributed by atoms with Gasteiger partial charge in [-0.05, 0) is 43.7 Å². The second-order valence-corrected chi connectivity index (χ2v) is 9.36. The Morgan fingerprint density at radius 3 is 2.55 bits per heavy atom. The molecular weight excluding hydrogens is 336 g/mol. The van der Waals surface area contributed by atoms with Gasteiger partial charge < -0.3 is 5.73 Å². The first-order valence-corrected chi connectivity index (χ1v) is 9.43. The summed E-state index contributed by atoms with van der Waals surface area (Å²) in [5.74, 6) is 0.568. The molecule has 1 saturated carbocycles. The fourth-order valence-corrected chi connectivity index (χ4v) is 5.65. The molecule has 0 spiro atoms. The van der Waals surface area contributed by atoms with E-state index in [4.69, 9.17) is 29.6 Å². The number of nitrogens with two attached hydrogens (primary N) is 1. The summed E-state index contributed by atoms with van der Waals surface area (Å²) in [5.41, 5.74) is 5.01. The van der Waals surface area contributed by atoms with Gasteiger partial charge in [-0.25, -0.2) is 8.42 Å². The molecule has 0 saturated heterocycles. The highest BCUT2D eigenvalue weighted by atomic mass is 35.5. The van der Waals surface area contributed by atoms with Crippen molar-refractivity contribution in [3.63, 3.8) is 0 Å². The second kappa shape index (κ2) is 5.88. The van der Waals surface area contributed by atoms with Crippen molar-refractivity contribution in [2.45, 2.75) is 42.4 Å². The number of thiophene rings is 1. The summed E-state index contributed by atoms with van der Waals surface area (Å²) in [4.78, 5) is 0.218. The van der Waals surface area contributed by atoms with E-state index in [1.807, 2.05) is 0 Å². The van der Waals surface area contributed by atoms with Crippen LogP contribution in [0.4, 0.5) is 0 Å². The zero-order chi connectivity index (χ0) is 15.0. The number of hydrogen-bond acceptors (Lipinski definition) is 4. The van der Waals surface area contributed by atoms with Crippen molar-refractivity contribution in [3.05, 3.63) is 16.5 Å². The molecule has 0 unspecified atom stereocenters. The average Bonchev–Trinajstić information content (AvgIpc) is 2.79. The maximum absolute atomic E-state index is 12.4. The quantitative estimate of drug-likeness (QED) is 0.817. The first-order chi connectivity index (χ1) is 9.25. The molecule has 0 atom stereocenters. The molecule has 1 aliphatic rings. The van der Waals surface area contributed by atoms with Crippen molar-refractivity contribution in [3.8, 4) is 0 Å². The standard InChI is InChI=1S/C12H17ClN2O2S3/c1-8-4-6-12(7-5-8,11(14)18)15-20(16,17)10-3-2-9(13)19-10/h2-3,8,15H,4-7H2,1H3,(H2,14,18). The minimum atomic E-state index is -3.64. The molecule has 0 radical (unpaired) electrons. The number of hydrogen-bond donors (Lipinski definition) is 2. The van der Waals surface area contributed by atoms with Gasteiger partial charge >= 0.3 is 0 Å². The maximum Gasteiger partial charge on any atom is 0.250 e. The van der Waals surface area contributed by atoms with Gasteiger partial charge in [-0.3, -0.25) is 0 Å². The third-order valence-electron chi connectivity index (χ3n) is 3.74. The fourth-order valence-electron chi connectivity index (χ4n) is 2.40. The molecule has 4 nitrogen and oxygen atoms in total. The summed E-state index contributed by atoms with van der Waals surface area (Å²) < 4.78 is 28.2. The molecule has 1 aromatic rings. The Labute approximate surface area is 133 Å². The van der Waals surface area contributed by atoms with Gasteiger partial charge in [0, 0.05) is 0 Å². The number of thiocarbonyl (C=S) groups is 1. The Morgan fingerprint density at radius 1 is 1.50 bits per heavy atom. The van der Waals surface area contributed by atoms with Crippen LogP contribution < -0.4 is 10.5 Å². The van der Waals surface area contributed by atoms with Crippen LogP contribution in [0.3, 0.4) is 0 Å². The summed E-state index contributed by atoms with van der Waals surface area (Å²) in [5, 5.41) is 0. The summed E-state index contributed by atoms with van der Waals surface area (Å²) in [6.07, 6.45) is 3.10. The van der Waals surface area contributed by atoms with Gasteiger partial charge in [-0.15, -0.1) is 11.3 Å². The Morgan fingerprint density at radius 2 is 2.10 bits per heavy atom. The van der Waals surface area contributed by atoms with Crippen molar-refractivity contribution in [2.24, 2.45) is 11.7 Å². The van der Waals surface area contributed by atoms with E-state index in [2.05, 4.69) is 11.6 Å². The highest BCUT2D eigenvalue weighted by molar-refractivity contribution is 7.91. The third kappa shape index (κ3) is 3.33. The second-order valence-electron chi connectivity index (χ2n) is 5.29. The van der Waals surface area contributed by atoms with Gasteiger partial charge in [0.25, 0.3) is 10.0 Å². The van der Waals surface area contributed by atoms with Crippen molar-refractivity contribution >= 4 is 50.2 Å². The molecule has 0 amide bonds. The summed E-state index contributed by atoms with van der Waals surface area (Å²) in [6.45, 7) is 2.15. The Bertz CT molecular complexity index is 604. The van der Waals surface area contributed by atoms with Gasteiger partial charge in [-0.1, -0.05) is 30.7 Å². The van der Waals surface area contributed by atoms with Crippen molar-refractivity contribution in [2.75, 3.05) is 0 Å². The topological polar surface area (TPSA) is 72.2 Å². The molecule has 1 heterocycles. The predicted molar refractivity (Wildman–Crippen MR) is 86.8 cm³/mol. The lowest BCUT2D eigenvalue weighted by Crippen LogP contribution is -2.58. The molecule has 1 aliphatic carbocycles. The third-order valence-corrected chi connectivity index (χ3v) is 7.39. The van der Waals surface area contributed by atoms with E-state index in [9.17, 15) is 8.42 Å². The summed E-state index contributed by atoms with van der Waals surface area (Å²) in [6, 6.07) is 3.06. The lowest BCUT2D eigenvalue weighted by molar-refractivity contribution is 0.289. The smallest absolute Gasteiger partial charge is 0.250 e. The SMILES string of the molecule is CC1CCC(NS(=O)(=O)c2ccc(Cl)s2)(C(N)=S)CC1. The van der Waals surface area contributed by atoms with E-state index in [1.165, 1.54) is 6.07 Å². The molecule has 112 valence electrons. The van der Waals surface area contributed by atoms with Crippen molar-refractivity contribution in [1.29, 1.82) is 0 Å². The molecule has 2 rings (SSSR count). The van der Waals surface area contributed by atoms with Crippen LogP contribution in [0.25, 0.3) is 0 Å². The minimum Gasteiger partial charge on any atom is -0.392 e. The first-order valence-electron chi connectivity index (χ1n) is 6.34. The zero-order valence-electron chi connectivity index (χ0n) is 11.1. The van der Waals surface area contributed by atoms with Crippen LogP contribution in [0.15, 0.2) is 16.3 Å². The van der Waals surface area contributed by atoms with Crippen LogP contribution >= 0.6 is 35.2 Å². The first kappa shape index (κ1) is 16.2. The fraction of sp³-hybridized carbons (Fsp3) is 0.583. The molecule has 0 aliphatic heterocycles. The molecule has 1 aromatic heterocycles. The largest absolute Gasteiger partial charge is 0.392 e. The van der Waals surface area contributed by atoms with Crippen LogP contribution in [0.5, 0.6) is 0 Å². The highest BCUT2D eigenvalue weighted by Gasteiger charge is 2.41. The van der Waals surface area contributed by atoms with Gasteiger partial charge in [0.05, 0.1) is 14.9 Å². The molecule has 3 N–H and O–H groups in total. The number of rotatable bonds is 4. The van der Waals surface area contributed by atoms with Gasteiger partial charge in [-0.2, -0.15) is 4.72 Å². The van der Waals surface area contributed by atoms with Crippen molar-refractivity contribution < 1.29 is 8.42 Å². The Balaban J connectivity index is 2.27. The molecule has 8 heteroatoms. The minimum absolute atomic E-state index is 0.191. The molecular formula is C12H17ClN2O2S3. The van der Waals surface area contributed by atoms with Crippen LogP contribution in [-0.2, 0) is 10.0 Å². The Kier molecular flexibility index (Phi) is 4.76. The molecule has 20 heavy (non-hydrogen) atoms. The van der Waals surface area contributed by atoms with Gasteiger partial charge in [0.2, 0.25) is 0 Å². The summed E-state index contributed by atoms with van der Waals surface area (Å²) >= 11 is 11.9. The van der Waals surface area contributed by atoms with E-state index in [-0.39, 0.29) is 9.20 Å². The lowest BCUT2D eigenvalue weighted by Gasteiger charge is -2.38. The highest BCUT2D eigenvalue weighted by Crippen LogP contribution is 2.34. The van der Waals surface area contributed by atoms with E-state index < -0.39 is 15.6 Å². The van der Waals surface area contributed by atoms with Crippen LogP contribution in [0.1, 0.15) is 32.6 Å². The van der Waals surface area contributed by atoms with E-state index in [0.717, 1.165) is 24.2 Å². The normalized spacial score (nSPS) is 27.4. The summed E-state index contributed by atoms with van der Waals surface area (Å²) in [7, 11) is -3.64. The van der Waals surface area contributed by atoms with E-state index >= 15 is 0 Å².